The van der Waals surface area contributed by atoms with Gasteiger partial charge in [-0.05, 0) is 23.8 Å². The van der Waals surface area contributed by atoms with Crippen molar-refractivity contribution in [3.8, 4) is 5.75 Å². The molecule has 0 atom stereocenters. The van der Waals surface area contributed by atoms with Crippen molar-refractivity contribution in [3.05, 3.63) is 74.3 Å². The minimum atomic E-state index is -0.899. The number of hydrogen-bond donors (Lipinski definition) is 1. The van der Waals surface area contributed by atoms with Crippen LogP contribution in [0.25, 0.3) is 0 Å². The first-order valence-electron chi connectivity index (χ1n) is 7.44. The van der Waals surface area contributed by atoms with Gasteiger partial charge in [-0.25, -0.2) is 9.59 Å². The van der Waals surface area contributed by atoms with Crippen LogP contribution >= 0.6 is 0 Å². The second-order valence-corrected chi connectivity index (χ2v) is 5.08. The molecule has 140 valence electrons. The van der Waals surface area contributed by atoms with Crippen molar-refractivity contribution in [2.45, 2.75) is 6.61 Å². The number of nitrogens with one attached hydrogen (secondary N) is 1. The average Bonchev–Trinajstić information content (AvgIpc) is 2.65. The lowest BCUT2D eigenvalue weighted by atomic mass is 10.2. The van der Waals surface area contributed by atoms with Crippen molar-refractivity contribution in [2.75, 3.05) is 6.54 Å². The Bertz CT molecular complexity index is 866. The van der Waals surface area contributed by atoms with E-state index in [9.17, 15) is 29.8 Å². The van der Waals surface area contributed by atoms with E-state index in [1.165, 1.54) is 42.5 Å². The van der Waals surface area contributed by atoms with Gasteiger partial charge in [-0.3, -0.25) is 20.2 Å². The van der Waals surface area contributed by atoms with Crippen LogP contribution < -0.4 is 10.1 Å². The Labute approximate surface area is 151 Å². The molecule has 0 unspecified atom stereocenters. The highest BCUT2D eigenvalue weighted by Crippen LogP contribution is 2.19. The Morgan fingerprint density at radius 1 is 0.963 bits per heavy atom. The molecule has 2 rings (SSSR count). The molecular formula is C16H13N3O8. The summed E-state index contributed by atoms with van der Waals surface area (Å²) in [4.78, 5) is 43.2. The Kier molecular flexibility index (Phi) is 6.36. The van der Waals surface area contributed by atoms with E-state index in [1.54, 1.807) is 0 Å². The summed E-state index contributed by atoms with van der Waals surface area (Å²) in [6, 6.07) is 10.4. The largest absolute Gasteiger partial charge is 0.445 e. The maximum atomic E-state index is 11.6. The van der Waals surface area contributed by atoms with Crippen molar-refractivity contribution in [1.82, 2.24) is 5.32 Å². The summed E-state index contributed by atoms with van der Waals surface area (Å²) in [6.45, 7) is -0.661. The first-order chi connectivity index (χ1) is 12.8. The number of benzene rings is 2. The van der Waals surface area contributed by atoms with Crippen LogP contribution in [0.1, 0.15) is 5.56 Å². The fourth-order valence-corrected chi connectivity index (χ4v) is 1.89. The SMILES string of the molecule is O=C(CNC(=O)OCc1ccc([N+](=O)[O-])cc1)Oc1cccc([N+](=O)[O-])c1. The third-order valence-corrected chi connectivity index (χ3v) is 3.15. The third kappa shape index (κ3) is 6.08. The van der Waals surface area contributed by atoms with Crippen LogP contribution in [-0.4, -0.2) is 28.5 Å². The molecule has 1 amide bonds. The van der Waals surface area contributed by atoms with Crippen molar-refractivity contribution < 1.29 is 28.9 Å². The zero-order valence-corrected chi connectivity index (χ0v) is 13.7. The van der Waals surface area contributed by atoms with E-state index in [0.717, 1.165) is 6.07 Å². The molecule has 2 aromatic rings. The number of amides is 1. The lowest BCUT2D eigenvalue weighted by molar-refractivity contribution is -0.385. The summed E-state index contributed by atoms with van der Waals surface area (Å²) in [5.74, 6) is -0.877. The van der Waals surface area contributed by atoms with Gasteiger partial charge in [0, 0.05) is 18.2 Å². The molecular weight excluding hydrogens is 362 g/mol. The van der Waals surface area contributed by atoms with Crippen LogP contribution in [0.4, 0.5) is 16.2 Å². The summed E-state index contributed by atoms with van der Waals surface area (Å²) >= 11 is 0. The number of hydrogen-bond acceptors (Lipinski definition) is 8. The van der Waals surface area contributed by atoms with Crippen molar-refractivity contribution >= 4 is 23.4 Å². The molecule has 0 spiro atoms. The average molecular weight is 375 g/mol. The predicted octanol–water partition coefficient (Wildman–Crippen LogP) is 2.33. The Balaban J connectivity index is 1.76. The van der Waals surface area contributed by atoms with E-state index in [1.807, 2.05) is 0 Å². The van der Waals surface area contributed by atoms with Gasteiger partial charge in [0.15, 0.2) is 0 Å². The standard InChI is InChI=1S/C16H13N3O8/c20-15(27-14-3-1-2-13(8-14)19(24)25)9-17-16(21)26-10-11-4-6-12(7-5-11)18(22)23/h1-8H,9-10H2,(H,17,21). The quantitative estimate of drug-likeness (QED) is 0.335. The third-order valence-electron chi connectivity index (χ3n) is 3.15. The number of alkyl carbamates (subject to hydrolysis) is 1. The molecule has 0 aliphatic heterocycles. The molecule has 0 bridgehead atoms. The van der Waals surface area contributed by atoms with Gasteiger partial charge in [0.1, 0.15) is 18.9 Å². The van der Waals surface area contributed by atoms with Gasteiger partial charge >= 0.3 is 12.1 Å². The van der Waals surface area contributed by atoms with Crippen LogP contribution in [0.15, 0.2) is 48.5 Å². The Hall–Kier alpha value is -4.02. The smallest absolute Gasteiger partial charge is 0.407 e. The van der Waals surface area contributed by atoms with Crippen LogP contribution in [0.5, 0.6) is 5.75 Å². The van der Waals surface area contributed by atoms with Crippen LogP contribution in [0.2, 0.25) is 0 Å². The zero-order valence-electron chi connectivity index (χ0n) is 13.7. The number of carbonyl (C=O) groups is 2. The van der Waals surface area contributed by atoms with E-state index in [4.69, 9.17) is 9.47 Å². The maximum Gasteiger partial charge on any atom is 0.407 e. The second kappa shape index (κ2) is 8.89. The van der Waals surface area contributed by atoms with Gasteiger partial charge in [0.05, 0.1) is 15.9 Å². The first kappa shape index (κ1) is 19.3. The lowest BCUT2D eigenvalue weighted by Crippen LogP contribution is -2.32. The van der Waals surface area contributed by atoms with Crippen LogP contribution in [-0.2, 0) is 16.1 Å². The first-order valence-corrected chi connectivity index (χ1v) is 7.44. The number of rotatable bonds is 7. The maximum absolute atomic E-state index is 11.6. The Morgan fingerprint density at radius 3 is 2.26 bits per heavy atom. The summed E-state index contributed by atoms with van der Waals surface area (Å²) in [5.41, 5.74) is 0.192. The minimum Gasteiger partial charge on any atom is -0.445 e. The van der Waals surface area contributed by atoms with Crippen LogP contribution in [0.3, 0.4) is 0 Å². The van der Waals surface area contributed by atoms with Gasteiger partial charge in [-0.2, -0.15) is 0 Å². The van der Waals surface area contributed by atoms with E-state index in [0.29, 0.717) is 5.56 Å². The molecule has 0 aliphatic rings. The molecule has 27 heavy (non-hydrogen) atoms. The molecule has 11 heteroatoms. The molecule has 11 nitrogen and oxygen atoms in total. The summed E-state index contributed by atoms with van der Waals surface area (Å²) in [5, 5.41) is 23.4. The highest BCUT2D eigenvalue weighted by Gasteiger charge is 2.12. The summed E-state index contributed by atoms with van der Waals surface area (Å²) in [7, 11) is 0. The number of carbonyl (C=O) groups excluding carboxylic acids is 2. The lowest BCUT2D eigenvalue weighted by Gasteiger charge is -2.07. The zero-order chi connectivity index (χ0) is 19.8. The molecule has 0 radical (unpaired) electrons. The Morgan fingerprint density at radius 2 is 1.63 bits per heavy atom. The van der Waals surface area contributed by atoms with Crippen molar-refractivity contribution in [2.24, 2.45) is 0 Å². The van der Waals surface area contributed by atoms with Gasteiger partial charge < -0.3 is 14.8 Å². The molecule has 0 fully saturated rings. The molecule has 0 aromatic heterocycles. The number of ether oxygens (including phenoxy) is 2. The number of esters is 1. The minimum absolute atomic E-state index is 0.0322. The van der Waals surface area contributed by atoms with E-state index < -0.39 is 28.5 Å². The number of nitrogens with zero attached hydrogens (tertiary/aromatic N) is 2. The van der Waals surface area contributed by atoms with Gasteiger partial charge in [0.25, 0.3) is 11.4 Å². The summed E-state index contributed by atoms with van der Waals surface area (Å²) in [6.07, 6.45) is -0.899. The van der Waals surface area contributed by atoms with Gasteiger partial charge in [-0.15, -0.1) is 0 Å². The van der Waals surface area contributed by atoms with Crippen molar-refractivity contribution in [1.29, 1.82) is 0 Å². The molecule has 0 saturated carbocycles. The monoisotopic (exact) mass is 375 g/mol. The highest BCUT2D eigenvalue weighted by molar-refractivity contribution is 5.79. The predicted molar refractivity (Wildman–Crippen MR) is 90.0 cm³/mol. The molecule has 0 saturated heterocycles. The fourth-order valence-electron chi connectivity index (χ4n) is 1.89. The molecule has 0 aliphatic carbocycles. The van der Waals surface area contributed by atoms with E-state index in [-0.39, 0.29) is 23.7 Å². The normalized spacial score (nSPS) is 9.93. The summed E-state index contributed by atoms with van der Waals surface area (Å²) < 4.78 is 9.74. The van der Waals surface area contributed by atoms with Gasteiger partial charge in [0.2, 0.25) is 0 Å². The topological polar surface area (TPSA) is 151 Å². The van der Waals surface area contributed by atoms with Gasteiger partial charge in [-0.1, -0.05) is 6.07 Å². The molecule has 2 aromatic carbocycles. The molecule has 0 heterocycles. The van der Waals surface area contributed by atoms with E-state index >= 15 is 0 Å². The number of non-ortho nitro benzene ring substituents is 2. The molecule has 1 N–H and O–H groups in total. The number of nitro benzene ring substituents is 2. The fraction of sp³-hybridized carbons (Fsp3) is 0.125. The highest BCUT2D eigenvalue weighted by atomic mass is 16.6. The van der Waals surface area contributed by atoms with Crippen LogP contribution in [0, 0.1) is 20.2 Å². The van der Waals surface area contributed by atoms with Crippen molar-refractivity contribution in [3.63, 3.8) is 0 Å². The van der Waals surface area contributed by atoms with E-state index in [2.05, 4.69) is 5.32 Å². The second-order valence-electron chi connectivity index (χ2n) is 5.08. The number of nitro groups is 2.